The van der Waals surface area contributed by atoms with E-state index >= 15 is 0 Å². The van der Waals surface area contributed by atoms with Gasteiger partial charge in [0.2, 0.25) is 0 Å². The number of aromatic nitrogens is 1. The zero-order chi connectivity index (χ0) is 18.2. The number of pyridine rings is 1. The molecule has 0 radical (unpaired) electrons. The van der Waals surface area contributed by atoms with E-state index in [-0.39, 0.29) is 22.5 Å². The molecule has 4 nitrogen and oxygen atoms in total. The molecular weight excluding hydrogens is 347 g/mol. The molecule has 9 heteroatoms. The Morgan fingerprint density at radius 2 is 1.72 bits per heavy atom. The Morgan fingerprint density at radius 3 is 2.28 bits per heavy atom. The predicted octanol–water partition coefficient (Wildman–Crippen LogP) is 4.06. The first-order chi connectivity index (χ1) is 11.7. The highest BCUT2D eigenvalue weighted by Crippen LogP contribution is 2.39. The highest BCUT2D eigenvalue weighted by Gasteiger charge is 2.60. The summed E-state index contributed by atoms with van der Waals surface area (Å²) >= 11 is 0. The first kappa shape index (κ1) is 17.3. The van der Waals surface area contributed by atoms with E-state index in [0.29, 0.717) is 5.56 Å². The Morgan fingerprint density at radius 1 is 1.08 bits per heavy atom. The summed E-state index contributed by atoms with van der Waals surface area (Å²) in [7, 11) is 0. The second kappa shape index (κ2) is 6.07. The van der Waals surface area contributed by atoms with Gasteiger partial charge in [-0.1, -0.05) is 35.5 Å². The molecule has 1 aromatic heterocycles. The molecular formula is C16H11F5N2O2. The topological polar surface area (TPSA) is 54.7 Å². The van der Waals surface area contributed by atoms with Crippen molar-refractivity contribution in [3.63, 3.8) is 0 Å². The molecule has 25 heavy (non-hydrogen) atoms. The minimum atomic E-state index is -4.99. The zero-order valence-electron chi connectivity index (χ0n) is 12.5. The monoisotopic (exact) mass is 358 g/mol. The first-order valence-corrected chi connectivity index (χ1v) is 7.09. The fourth-order valence-corrected chi connectivity index (χ4v) is 2.41. The molecule has 1 aromatic carbocycles. The van der Waals surface area contributed by atoms with Crippen LogP contribution >= 0.6 is 0 Å². The maximum Gasteiger partial charge on any atom is 0.458 e. The summed E-state index contributed by atoms with van der Waals surface area (Å²) in [5, 5.41) is 12.7. The van der Waals surface area contributed by atoms with E-state index in [1.807, 2.05) is 0 Å². The van der Waals surface area contributed by atoms with Crippen LogP contribution in [0, 0.1) is 0 Å². The van der Waals surface area contributed by atoms with Gasteiger partial charge < -0.3 is 9.94 Å². The number of aliphatic hydroxyl groups is 1. The Hall–Kier alpha value is -2.55. The van der Waals surface area contributed by atoms with Gasteiger partial charge >= 0.3 is 12.0 Å². The molecule has 132 valence electrons. The third-order valence-electron chi connectivity index (χ3n) is 3.73. The predicted molar refractivity (Wildman–Crippen MR) is 77.9 cm³/mol. The largest absolute Gasteiger partial charge is 0.458 e. The number of alkyl halides is 5. The average molecular weight is 358 g/mol. The smallest absolute Gasteiger partial charge is 0.350 e. The lowest BCUT2D eigenvalue weighted by Gasteiger charge is -2.22. The molecule has 2 heterocycles. The Bertz CT molecular complexity index is 805. The number of hydrogen-bond acceptors (Lipinski definition) is 4. The van der Waals surface area contributed by atoms with Crippen molar-refractivity contribution >= 4 is 5.71 Å². The van der Waals surface area contributed by atoms with Gasteiger partial charge in [0.15, 0.2) is 0 Å². The van der Waals surface area contributed by atoms with Crippen LogP contribution in [0.3, 0.4) is 0 Å². The van der Waals surface area contributed by atoms with Crippen molar-refractivity contribution in [1.82, 2.24) is 4.98 Å². The summed E-state index contributed by atoms with van der Waals surface area (Å²) in [5.41, 5.74) is 0.458. The third kappa shape index (κ3) is 3.19. The maximum absolute atomic E-state index is 13.0. The summed E-state index contributed by atoms with van der Waals surface area (Å²) in [6, 6.07) is 8.75. The summed E-state index contributed by atoms with van der Waals surface area (Å²) in [6.45, 7) is 0. The quantitative estimate of drug-likeness (QED) is 0.842. The maximum atomic E-state index is 13.0. The molecule has 0 saturated heterocycles. The van der Waals surface area contributed by atoms with Crippen LogP contribution in [0.1, 0.15) is 24.1 Å². The normalized spacial score (nSPS) is 20.5. The number of halogens is 5. The van der Waals surface area contributed by atoms with E-state index in [1.54, 1.807) is 0 Å². The van der Waals surface area contributed by atoms with E-state index in [9.17, 15) is 27.1 Å². The first-order valence-electron chi connectivity index (χ1n) is 7.09. The van der Waals surface area contributed by atoms with E-state index in [2.05, 4.69) is 15.0 Å². The number of oxime groups is 1. The second-order valence-electron chi connectivity index (χ2n) is 5.40. The summed E-state index contributed by atoms with van der Waals surface area (Å²) in [5.74, 6) is -3.35. The standard InChI is InChI=1S/C16H11F5N2O2/c17-14(18)13-11(2-1-7-22-13)9-3-5-10(6-4-9)12-8-15(24,25-23-12)16(19,20)21/h1-7,14,24H,8H2. The van der Waals surface area contributed by atoms with Crippen LogP contribution in [0.5, 0.6) is 0 Å². The van der Waals surface area contributed by atoms with Crippen LogP contribution in [0.4, 0.5) is 22.0 Å². The average Bonchev–Trinajstić information content (AvgIpc) is 2.98. The van der Waals surface area contributed by atoms with Gasteiger partial charge in [-0.05, 0) is 17.2 Å². The summed E-state index contributed by atoms with van der Waals surface area (Å²) in [4.78, 5) is 7.80. The SMILES string of the molecule is OC1(C(F)(F)F)CC(c2ccc(-c3cccnc3C(F)F)cc2)=NO1. The molecule has 1 aliphatic heterocycles. The Labute approximate surface area is 138 Å². The van der Waals surface area contributed by atoms with Gasteiger partial charge in [0.05, 0.1) is 12.1 Å². The Kier molecular flexibility index (Phi) is 4.19. The second-order valence-corrected chi connectivity index (χ2v) is 5.40. The van der Waals surface area contributed by atoms with Crippen molar-refractivity contribution in [1.29, 1.82) is 0 Å². The molecule has 0 bridgehead atoms. The molecule has 0 fully saturated rings. The molecule has 1 atom stereocenters. The minimum Gasteiger partial charge on any atom is -0.350 e. The highest BCUT2D eigenvalue weighted by atomic mass is 19.4. The van der Waals surface area contributed by atoms with Gasteiger partial charge in [-0.15, -0.1) is 0 Å². The molecule has 0 amide bonds. The molecule has 0 saturated carbocycles. The molecule has 1 aliphatic rings. The number of benzene rings is 1. The van der Waals surface area contributed by atoms with Crippen molar-refractivity contribution in [2.75, 3.05) is 0 Å². The van der Waals surface area contributed by atoms with Gasteiger partial charge in [-0.25, -0.2) is 8.78 Å². The van der Waals surface area contributed by atoms with Crippen LogP contribution in [0.15, 0.2) is 47.8 Å². The van der Waals surface area contributed by atoms with Crippen molar-refractivity contribution in [3.05, 3.63) is 53.9 Å². The minimum absolute atomic E-state index is 0.0911. The van der Waals surface area contributed by atoms with E-state index < -0.39 is 24.8 Å². The highest BCUT2D eigenvalue weighted by molar-refractivity contribution is 6.01. The lowest BCUT2D eigenvalue weighted by molar-refractivity contribution is -0.355. The molecule has 0 aliphatic carbocycles. The van der Waals surface area contributed by atoms with Crippen LogP contribution in [-0.2, 0) is 4.84 Å². The lowest BCUT2D eigenvalue weighted by atomic mass is 9.98. The van der Waals surface area contributed by atoms with Crippen LogP contribution in [0.2, 0.25) is 0 Å². The fourth-order valence-electron chi connectivity index (χ4n) is 2.41. The van der Waals surface area contributed by atoms with E-state index in [1.165, 1.54) is 42.6 Å². The summed E-state index contributed by atoms with van der Waals surface area (Å²) < 4.78 is 64.1. The molecule has 2 aromatic rings. The molecule has 1 unspecified atom stereocenters. The summed E-state index contributed by atoms with van der Waals surface area (Å²) in [6.07, 6.45) is -7.35. The van der Waals surface area contributed by atoms with Crippen LogP contribution in [-0.4, -0.2) is 27.8 Å². The Balaban J connectivity index is 1.85. The van der Waals surface area contributed by atoms with Gasteiger partial charge in [-0.3, -0.25) is 4.98 Å². The van der Waals surface area contributed by atoms with Gasteiger partial charge in [0.1, 0.15) is 5.69 Å². The van der Waals surface area contributed by atoms with Gasteiger partial charge in [0.25, 0.3) is 6.43 Å². The molecule has 1 N–H and O–H groups in total. The fraction of sp³-hybridized carbons (Fsp3) is 0.250. The van der Waals surface area contributed by atoms with Crippen molar-refractivity contribution < 1.29 is 31.9 Å². The molecule has 0 spiro atoms. The van der Waals surface area contributed by atoms with Crippen molar-refractivity contribution in [2.24, 2.45) is 5.16 Å². The van der Waals surface area contributed by atoms with Gasteiger partial charge in [0, 0.05) is 11.8 Å². The lowest BCUT2D eigenvalue weighted by Crippen LogP contribution is -2.45. The van der Waals surface area contributed by atoms with Crippen molar-refractivity contribution in [3.8, 4) is 11.1 Å². The zero-order valence-corrected chi connectivity index (χ0v) is 12.5. The van der Waals surface area contributed by atoms with Gasteiger partial charge in [-0.2, -0.15) is 13.2 Å². The third-order valence-corrected chi connectivity index (χ3v) is 3.73. The number of rotatable bonds is 3. The van der Waals surface area contributed by atoms with Crippen LogP contribution in [0.25, 0.3) is 11.1 Å². The van der Waals surface area contributed by atoms with Crippen LogP contribution < -0.4 is 0 Å². The van der Waals surface area contributed by atoms with E-state index in [0.717, 1.165) is 0 Å². The molecule has 3 rings (SSSR count). The van der Waals surface area contributed by atoms with Crippen molar-refractivity contribution in [2.45, 2.75) is 24.8 Å². The number of nitrogens with zero attached hydrogens (tertiary/aromatic N) is 2. The number of hydrogen-bond donors (Lipinski definition) is 1. The van der Waals surface area contributed by atoms with E-state index in [4.69, 9.17) is 0 Å².